The summed E-state index contributed by atoms with van der Waals surface area (Å²) < 4.78 is 10.8. The topological polar surface area (TPSA) is 35.5 Å². The van der Waals surface area contributed by atoms with Crippen molar-refractivity contribution < 1.29 is 14.3 Å². The van der Waals surface area contributed by atoms with Gasteiger partial charge in [-0.25, -0.2) is 0 Å². The molecule has 0 saturated heterocycles. The zero-order valence-electron chi connectivity index (χ0n) is 11.2. The molecule has 100 valence electrons. The van der Waals surface area contributed by atoms with Crippen LogP contribution >= 0.6 is 0 Å². The van der Waals surface area contributed by atoms with E-state index >= 15 is 0 Å². The maximum absolute atomic E-state index is 12.4. The van der Waals surface area contributed by atoms with E-state index in [1.165, 1.54) is 0 Å². The Morgan fingerprint density at radius 2 is 1.95 bits per heavy atom. The zero-order valence-corrected chi connectivity index (χ0v) is 11.2. The summed E-state index contributed by atoms with van der Waals surface area (Å²) in [6, 6.07) is 11.9. The van der Waals surface area contributed by atoms with Crippen LogP contribution in [-0.2, 0) is 6.42 Å². The van der Waals surface area contributed by atoms with Gasteiger partial charge in [0.2, 0.25) is 6.79 Å². The SMILES string of the molecule is CC1Cc2cccc(-c3ccc4c(c3)OCO4)c2C1=O. The summed E-state index contributed by atoms with van der Waals surface area (Å²) in [5.41, 5.74) is 4.03. The fourth-order valence-electron chi connectivity index (χ4n) is 3.03. The lowest BCUT2D eigenvalue weighted by molar-refractivity contribution is 0.0947. The maximum Gasteiger partial charge on any atom is 0.231 e. The predicted octanol–water partition coefficient (Wildman–Crippen LogP) is 3.46. The second-order valence-corrected chi connectivity index (χ2v) is 5.38. The summed E-state index contributed by atoms with van der Waals surface area (Å²) in [6.07, 6.45) is 0.840. The van der Waals surface area contributed by atoms with Crippen molar-refractivity contribution >= 4 is 5.78 Å². The van der Waals surface area contributed by atoms with E-state index in [2.05, 4.69) is 0 Å². The van der Waals surface area contributed by atoms with Crippen LogP contribution in [0.3, 0.4) is 0 Å². The third-order valence-corrected chi connectivity index (χ3v) is 4.05. The lowest BCUT2D eigenvalue weighted by Gasteiger charge is -2.08. The summed E-state index contributed by atoms with van der Waals surface area (Å²) >= 11 is 0. The molecule has 1 aliphatic heterocycles. The Kier molecular flexibility index (Phi) is 2.36. The van der Waals surface area contributed by atoms with Crippen molar-refractivity contribution in [1.29, 1.82) is 0 Å². The number of ketones is 1. The lowest BCUT2D eigenvalue weighted by Crippen LogP contribution is -2.04. The molecule has 0 bridgehead atoms. The first kappa shape index (κ1) is 11.5. The van der Waals surface area contributed by atoms with Crippen LogP contribution in [0.1, 0.15) is 22.8 Å². The second-order valence-electron chi connectivity index (χ2n) is 5.38. The smallest absolute Gasteiger partial charge is 0.231 e. The first-order valence-corrected chi connectivity index (χ1v) is 6.80. The van der Waals surface area contributed by atoms with E-state index in [0.29, 0.717) is 0 Å². The predicted molar refractivity (Wildman–Crippen MR) is 75.2 cm³/mol. The van der Waals surface area contributed by atoms with Crippen LogP contribution in [-0.4, -0.2) is 12.6 Å². The molecule has 2 aliphatic rings. The van der Waals surface area contributed by atoms with Gasteiger partial charge in [0.15, 0.2) is 17.3 Å². The molecule has 3 nitrogen and oxygen atoms in total. The molecule has 1 heterocycles. The molecule has 0 aromatic heterocycles. The van der Waals surface area contributed by atoms with Gasteiger partial charge in [0.25, 0.3) is 0 Å². The Hall–Kier alpha value is -2.29. The Morgan fingerprint density at radius 1 is 1.10 bits per heavy atom. The van der Waals surface area contributed by atoms with Gasteiger partial charge < -0.3 is 9.47 Å². The summed E-state index contributed by atoms with van der Waals surface area (Å²) in [5, 5.41) is 0. The number of ether oxygens (including phenoxy) is 2. The fourth-order valence-corrected chi connectivity index (χ4v) is 3.03. The molecule has 2 aromatic carbocycles. The molecular formula is C17H14O3. The Bertz CT molecular complexity index is 718. The van der Waals surface area contributed by atoms with E-state index < -0.39 is 0 Å². The van der Waals surface area contributed by atoms with Crippen molar-refractivity contribution in [3.8, 4) is 22.6 Å². The van der Waals surface area contributed by atoms with Crippen molar-refractivity contribution in [2.75, 3.05) is 6.79 Å². The van der Waals surface area contributed by atoms with Gasteiger partial charge >= 0.3 is 0 Å². The molecule has 0 amide bonds. The van der Waals surface area contributed by atoms with Gasteiger partial charge in [-0.3, -0.25) is 4.79 Å². The molecule has 1 atom stereocenters. The second kappa shape index (κ2) is 4.10. The van der Waals surface area contributed by atoms with E-state index in [0.717, 1.165) is 40.2 Å². The van der Waals surface area contributed by atoms with Crippen molar-refractivity contribution in [3.05, 3.63) is 47.5 Å². The largest absolute Gasteiger partial charge is 0.454 e. The molecule has 1 aliphatic carbocycles. The number of hydrogen-bond acceptors (Lipinski definition) is 3. The van der Waals surface area contributed by atoms with E-state index in [4.69, 9.17) is 9.47 Å². The molecule has 0 saturated carbocycles. The Balaban J connectivity index is 1.88. The normalized spacial score (nSPS) is 19.2. The first-order valence-electron chi connectivity index (χ1n) is 6.80. The zero-order chi connectivity index (χ0) is 13.7. The van der Waals surface area contributed by atoms with Crippen LogP contribution in [0.5, 0.6) is 11.5 Å². The molecule has 0 fully saturated rings. The third-order valence-electron chi connectivity index (χ3n) is 4.05. The highest BCUT2D eigenvalue weighted by atomic mass is 16.7. The van der Waals surface area contributed by atoms with Crippen molar-refractivity contribution in [3.63, 3.8) is 0 Å². The van der Waals surface area contributed by atoms with Crippen molar-refractivity contribution in [2.45, 2.75) is 13.3 Å². The van der Waals surface area contributed by atoms with Crippen molar-refractivity contribution in [2.24, 2.45) is 5.92 Å². The van der Waals surface area contributed by atoms with Crippen LogP contribution in [0.2, 0.25) is 0 Å². The number of carbonyl (C=O) groups excluding carboxylic acids is 1. The summed E-state index contributed by atoms with van der Waals surface area (Å²) in [5.74, 6) is 1.84. The molecule has 1 unspecified atom stereocenters. The molecule has 3 heteroatoms. The number of Topliss-reactive ketones (excluding diaryl/α,β-unsaturated/α-hetero) is 1. The summed E-state index contributed by atoms with van der Waals surface area (Å²) in [4.78, 5) is 12.4. The highest BCUT2D eigenvalue weighted by Crippen LogP contribution is 2.39. The highest BCUT2D eigenvalue weighted by molar-refractivity contribution is 6.07. The minimum Gasteiger partial charge on any atom is -0.454 e. The highest BCUT2D eigenvalue weighted by Gasteiger charge is 2.29. The molecule has 2 aromatic rings. The summed E-state index contributed by atoms with van der Waals surface area (Å²) in [6.45, 7) is 2.26. The van der Waals surface area contributed by atoms with Crippen LogP contribution in [0.4, 0.5) is 0 Å². The average molecular weight is 266 g/mol. The number of hydrogen-bond donors (Lipinski definition) is 0. The van der Waals surface area contributed by atoms with Gasteiger partial charge in [0.05, 0.1) is 0 Å². The fraction of sp³-hybridized carbons (Fsp3) is 0.235. The minimum atomic E-state index is 0.0835. The van der Waals surface area contributed by atoms with Gasteiger partial charge in [-0.2, -0.15) is 0 Å². The molecule has 0 radical (unpaired) electrons. The number of carbonyl (C=O) groups is 1. The number of rotatable bonds is 1. The number of fused-ring (bicyclic) bond motifs is 2. The minimum absolute atomic E-state index is 0.0835. The van der Waals surface area contributed by atoms with E-state index in [-0.39, 0.29) is 18.5 Å². The molecule has 0 N–H and O–H groups in total. The van der Waals surface area contributed by atoms with E-state index in [1.54, 1.807) is 0 Å². The van der Waals surface area contributed by atoms with Crippen LogP contribution < -0.4 is 9.47 Å². The first-order chi connectivity index (χ1) is 9.74. The molecule has 4 rings (SSSR count). The lowest BCUT2D eigenvalue weighted by atomic mass is 9.96. The number of benzene rings is 2. The van der Waals surface area contributed by atoms with Gasteiger partial charge in [-0.1, -0.05) is 31.2 Å². The molecule has 20 heavy (non-hydrogen) atoms. The quantitative estimate of drug-likeness (QED) is 0.793. The van der Waals surface area contributed by atoms with Gasteiger partial charge in [-0.05, 0) is 35.2 Å². The molecule has 0 spiro atoms. The maximum atomic E-state index is 12.4. The van der Waals surface area contributed by atoms with Crippen LogP contribution in [0.25, 0.3) is 11.1 Å². The monoisotopic (exact) mass is 266 g/mol. The molecular weight excluding hydrogens is 252 g/mol. The van der Waals surface area contributed by atoms with Gasteiger partial charge in [0.1, 0.15) is 0 Å². The van der Waals surface area contributed by atoms with Gasteiger partial charge in [0, 0.05) is 11.5 Å². The van der Waals surface area contributed by atoms with Crippen molar-refractivity contribution in [1.82, 2.24) is 0 Å². The average Bonchev–Trinajstić information content (AvgIpc) is 3.03. The van der Waals surface area contributed by atoms with Crippen LogP contribution in [0, 0.1) is 5.92 Å². The van der Waals surface area contributed by atoms with E-state index in [9.17, 15) is 4.79 Å². The summed E-state index contributed by atoms with van der Waals surface area (Å²) in [7, 11) is 0. The van der Waals surface area contributed by atoms with Gasteiger partial charge in [-0.15, -0.1) is 0 Å². The standard InChI is InChI=1S/C17H14O3/c1-10-7-12-3-2-4-13(16(12)17(10)18)11-5-6-14-15(8-11)20-9-19-14/h2-6,8,10H,7,9H2,1H3. The Labute approximate surface area is 117 Å². The van der Waals surface area contributed by atoms with Crippen LogP contribution in [0.15, 0.2) is 36.4 Å². The van der Waals surface area contributed by atoms with E-state index in [1.807, 2.05) is 43.3 Å². The Morgan fingerprint density at radius 3 is 2.85 bits per heavy atom. The third kappa shape index (κ3) is 1.56.